The highest BCUT2D eigenvalue weighted by Gasteiger charge is 2.37. The summed E-state index contributed by atoms with van der Waals surface area (Å²) in [4.78, 5) is 12.0. The molecule has 110 valence electrons. The fourth-order valence-corrected chi connectivity index (χ4v) is 4.15. The molecule has 0 bridgehead atoms. The molecule has 1 N–H and O–H groups in total. The van der Waals surface area contributed by atoms with Crippen molar-refractivity contribution in [2.45, 2.75) is 30.2 Å². The number of hydrogen-bond acceptors (Lipinski definition) is 3. The minimum Gasteiger partial charge on any atom is -0.358 e. The van der Waals surface area contributed by atoms with Crippen molar-refractivity contribution in [1.82, 2.24) is 9.62 Å². The van der Waals surface area contributed by atoms with Gasteiger partial charge in [0.05, 0.1) is 4.90 Å². The van der Waals surface area contributed by atoms with Gasteiger partial charge in [0.2, 0.25) is 15.9 Å². The number of piperidine rings is 1. The molecule has 1 saturated heterocycles. The number of hydrogen-bond donors (Lipinski definition) is 1. The van der Waals surface area contributed by atoms with Crippen molar-refractivity contribution in [2.75, 3.05) is 13.6 Å². The first-order valence-corrected chi connectivity index (χ1v) is 8.27. The maximum atomic E-state index is 12.6. The van der Waals surface area contributed by atoms with Crippen molar-refractivity contribution in [1.29, 1.82) is 0 Å². The van der Waals surface area contributed by atoms with E-state index in [1.54, 1.807) is 0 Å². The summed E-state index contributed by atoms with van der Waals surface area (Å²) in [6, 6.07) is 5.37. The molecule has 0 spiro atoms. The molecule has 1 aromatic rings. The number of amides is 1. The molecule has 20 heavy (non-hydrogen) atoms. The second-order valence-electron chi connectivity index (χ2n) is 4.70. The quantitative estimate of drug-likeness (QED) is 0.921. The summed E-state index contributed by atoms with van der Waals surface area (Å²) in [5.74, 6) is -0.262. The van der Waals surface area contributed by atoms with E-state index in [1.165, 1.54) is 35.6 Å². The van der Waals surface area contributed by atoms with Gasteiger partial charge in [0.25, 0.3) is 0 Å². The van der Waals surface area contributed by atoms with Gasteiger partial charge in [-0.2, -0.15) is 4.31 Å². The smallest absolute Gasteiger partial charge is 0.243 e. The molecule has 1 fully saturated rings. The number of carbonyl (C=O) groups excluding carboxylic acids is 1. The molecule has 2 rings (SSSR count). The average Bonchev–Trinajstić information content (AvgIpc) is 2.47. The third-order valence-corrected chi connectivity index (χ3v) is 5.60. The lowest BCUT2D eigenvalue weighted by Crippen LogP contribution is -2.51. The molecule has 1 amide bonds. The summed E-state index contributed by atoms with van der Waals surface area (Å²) in [6.45, 7) is 0.364. The maximum Gasteiger partial charge on any atom is 0.243 e. The van der Waals surface area contributed by atoms with Crippen LogP contribution in [0.5, 0.6) is 0 Å². The van der Waals surface area contributed by atoms with Gasteiger partial charge >= 0.3 is 0 Å². The van der Waals surface area contributed by atoms with Crippen LogP contribution in [0.15, 0.2) is 29.2 Å². The van der Waals surface area contributed by atoms with Crippen molar-refractivity contribution in [3.05, 3.63) is 29.3 Å². The second-order valence-corrected chi connectivity index (χ2v) is 7.02. The predicted molar refractivity (Wildman–Crippen MR) is 77.0 cm³/mol. The molecule has 1 aliphatic heterocycles. The average molecular weight is 317 g/mol. The van der Waals surface area contributed by atoms with E-state index in [0.29, 0.717) is 18.0 Å². The van der Waals surface area contributed by atoms with E-state index in [-0.39, 0.29) is 10.8 Å². The molecular formula is C13H17ClN2O3S. The van der Waals surface area contributed by atoms with Crippen LogP contribution in [0.25, 0.3) is 0 Å². The van der Waals surface area contributed by atoms with Crippen molar-refractivity contribution in [3.63, 3.8) is 0 Å². The van der Waals surface area contributed by atoms with Crippen molar-refractivity contribution < 1.29 is 13.2 Å². The summed E-state index contributed by atoms with van der Waals surface area (Å²) in [7, 11) is -2.15. The van der Waals surface area contributed by atoms with E-state index in [2.05, 4.69) is 5.32 Å². The van der Waals surface area contributed by atoms with E-state index < -0.39 is 16.1 Å². The van der Waals surface area contributed by atoms with Crippen LogP contribution in [0.4, 0.5) is 0 Å². The van der Waals surface area contributed by atoms with Crippen LogP contribution >= 0.6 is 11.6 Å². The summed E-state index contributed by atoms with van der Waals surface area (Å²) >= 11 is 5.78. The highest BCUT2D eigenvalue weighted by molar-refractivity contribution is 7.89. The lowest BCUT2D eigenvalue weighted by atomic mass is 10.0. The number of benzene rings is 1. The number of sulfonamides is 1. The Bertz CT molecular complexity index is 586. The van der Waals surface area contributed by atoms with Gasteiger partial charge in [-0.1, -0.05) is 18.0 Å². The molecule has 1 heterocycles. The number of carbonyl (C=O) groups is 1. The molecule has 5 nitrogen and oxygen atoms in total. The third-order valence-electron chi connectivity index (χ3n) is 3.42. The highest BCUT2D eigenvalue weighted by Crippen LogP contribution is 2.26. The fraction of sp³-hybridized carbons (Fsp3) is 0.462. The minimum absolute atomic E-state index is 0.165. The van der Waals surface area contributed by atoms with E-state index >= 15 is 0 Å². The van der Waals surface area contributed by atoms with E-state index in [9.17, 15) is 13.2 Å². The van der Waals surface area contributed by atoms with Gasteiger partial charge in [-0.15, -0.1) is 0 Å². The Morgan fingerprint density at radius 3 is 2.55 bits per heavy atom. The molecule has 0 aliphatic carbocycles. The van der Waals surface area contributed by atoms with Gasteiger partial charge in [-0.05, 0) is 37.1 Å². The normalized spacial score (nSPS) is 20.6. The Balaban J connectivity index is 2.35. The molecule has 1 unspecified atom stereocenters. The van der Waals surface area contributed by atoms with Crippen LogP contribution in [0.1, 0.15) is 19.3 Å². The van der Waals surface area contributed by atoms with Crippen molar-refractivity contribution in [2.24, 2.45) is 0 Å². The Kier molecular flexibility index (Phi) is 4.67. The number of halogens is 1. The van der Waals surface area contributed by atoms with Crippen LogP contribution < -0.4 is 5.32 Å². The monoisotopic (exact) mass is 316 g/mol. The molecule has 0 radical (unpaired) electrons. The van der Waals surface area contributed by atoms with Crippen LogP contribution in [-0.4, -0.2) is 38.3 Å². The first-order valence-electron chi connectivity index (χ1n) is 6.46. The first-order chi connectivity index (χ1) is 9.46. The lowest BCUT2D eigenvalue weighted by Gasteiger charge is -2.33. The Labute approximate surface area is 124 Å². The first kappa shape index (κ1) is 15.3. The fourth-order valence-electron chi connectivity index (χ4n) is 2.36. The van der Waals surface area contributed by atoms with Crippen molar-refractivity contribution in [3.8, 4) is 0 Å². The molecule has 1 atom stereocenters. The van der Waals surface area contributed by atoms with Crippen LogP contribution in [-0.2, 0) is 14.8 Å². The lowest BCUT2D eigenvalue weighted by molar-refractivity contribution is -0.125. The van der Waals surface area contributed by atoms with E-state index in [1.807, 2.05) is 0 Å². The third kappa shape index (κ3) is 2.97. The topological polar surface area (TPSA) is 66.5 Å². The maximum absolute atomic E-state index is 12.6. The molecule has 0 saturated carbocycles. The molecule has 1 aliphatic rings. The largest absolute Gasteiger partial charge is 0.358 e. The summed E-state index contributed by atoms with van der Waals surface area (Å²) < 4.78 is 26.6. The van der Waals surface area contributed by atoms with Gasteiger partial charge < -0.3 is 5.32 Å². The number of likely N-dealkylation sites (N-methyl/N-ethyl adjacent to an activating group) is 1. The number of nitrogens with zero attached hydrogens (tertiary/aromatic N) is 1. The Morgan fingerprint density at radius 2 is 1.95 bits per heavy atom. The summed E-state index contributed by atoms with van der Waals surface area (Å²) in [5.41, 5.74) is 0. The zero-order valence-corrected chi connectivity index (χ0v) is 12.7. The number of rotatable bonds is 3. The van der Waals surface area contributed by atoms with Gasteiger partial charge in [0.1, 0.15) is 6.04 Å². The predicted octanol–water partition coefficient (Wildman–Crippen LogP) is 1.63. The number of nitrogens with one attached hydrogen (secondary N) is 1. The standard InChI is InChI=1S/C13H17ClN2O3S/c1-15-13(17)12-4-2-3-9-16(12)20(18,19)11-7-5-10(14)6-8-11/h5-8,12H,2-4,9H2,1H3,(H,15,17). The van der Waals surface area contributed by atoms with E-state index in [4.69, 9.17) is 11.6 Å². The highest BCUT2D eigenvalue weighted by atomic mass is 35.5. The SMILES string of the molecule is CNC(=O)C1CCCCN1S(=O)(=O)c1ccc(Cl)cc1. The van der Waals surface area contributed by atoms with Crippen molar-refractivity contribution >= 4 is 27.5 Å². The Hall–Kier alpha value is -1.11. The molecule has 0 aromatic heterocycles. The van der Waals surface area contributed by atoms with Crippen LogP contribution in [0.2, 0.25) is 5.02 Å². The van der Waals surface area contributed by atoms with Gasteiger partial charge in [0.15, 0.2) is 0 Å². The van der Waals surface area contributed by atoms with Gasteiger partial charge in [-0.25, -0.2) is 8.42 Å². The zero-order chi connectivity index (χ0) is 14.8. The van der Waals surface area contributed by atoms with Crippen LogP contribution in [0.3, 0.4) is 0 Å². The summed E-state index contributed by atoms with van der Waals surface area (Å²) in [5, 5.41) is 3.01. The van der Waals surface area contributed by atoms with Crippen LogP contribution in [0, 0.1) is 0 Å². The molecule has 1 aromatic carbocycles. The molecule has 7 heteroatoms. The van der Waals surface area contributed by atoms with E-state index in [0.717, 1.165) is 12.8 Å². The Morgan fingerprint density at radius 1 is 1.30 bits per heavy atom. The van der Waals surface area contributed by atoms with Gasteiger partial charge in [-0.3, -0.25) is 4.79 Å². The zero-order valence-electron chi connectivity index (χ0n) is 11.2. The molecular weight excluding hydrogens is 300 g/mol. The minimum atomic E-state index is -3.67. The summed E-state index contributed by atoms with van der Waals surface area (Å²) in [6.07, 6.45) is 2.16. The second kappa shape index (κ2) is 6.11. The van der Waals surface area contributed by atoms with Gasteiger partial charge in [0, 0.05) is 18.6 Å².